The smallest absolute Gasteiger partial charge is 0.165 e. The minimum absolute atomic E-state index is 0.560. The molecule has 0 spiro atoms. The predicted octanol–water partition coefficient (Wildman–Crippen LogP) is 12.1. The summed E-state index contributed by atoms with van der Waals surface area (Å²) < 4.78 is 0. The monoisotopic (exact) mass is 689 g/mol. The fraction of sp³-hybridized carbons (Fsp3) is 0. The van der Waals surface area contributed by atoms with Gasteiger partial charge in [-0.25, -0.2) is 15.0 Å². The molecule has 252 valence electrons. The normalized spacial score (nSPS) is 11.3. The van der Waals surface area contributed by atoms with Crippen LogP contribution in [0.4, 0.5) is 0 Å². The maximum Gasteiger partial charge on any atom is 0.165 e. The van der Waals surface area contributed by atoms with Crippen LogP contribution in [0.5, 0.6) is 0 Å². The second-order valence-electron chi connectivity index (χ2n) is 13.4. The topological polar surface area (TPSA) is 64.5 Å². The molecule has 0 saturated carbocycles. The SMILES string of the molecule is c1ccc(-c2cc(-c3cccc(-c4cccc(-c5nc(-c6cccnc6)nc(-c6cccnc6)n5)c4)c3)c3c4ccccc4c4ccccc4c3c2)cc1. The molecular weight excluding hydrogens is 659 g/mol. The van der Waals surface area contributed by atoms with Crippen molar-refractivity contribution in [2.75, 3.05) is 0 Å². The molecule has 0 unspecified atom stereocenters. The first kappa shape index (κ1) is 31.4. The maximum atomic E-state index is 4.94. The van der Waals surface area contributed by atoms with Crippen molar-refractivity contribution >= 4 is 32.3 Å². The van der Waals surface area contributed by atoms with Crippen LogP contribution in [0.2, 0.25) is 0 Å². The third-order valence-electron chi connectivity index (χ3n) is 10.1. The molecule has 7 aromatic carbocycles. The minimum atomic E-state index is 0.560. The molecule has 0 atom stereocenters. The van der Waals surface area contributed by atoms with E-state index in [0.29, 0.717) is 17.5 Å². The average molecular weight is 690 g/mol. The molecule has 3 heterocycles. The first-order valence-corrected chi connectivity index (χ1v) is 18.0. The molecule has 0 fully saturated rings. The van der Waals surface area contributed by atoms with E-state index in [9.17, 15) is 0 Å². The molecule has 0 aliphatic heterocycles. The summed E-state index contributed by atoms with van der Waals surface area (Å²) in [6, 6.07) is 58.0. The van der Waals surface area contributed by atoms with E-state index in [1.807, 2.05) is 24.3 Å². The van der Waals surface area contributed by atoms with Gasteiger partial charge in [-0.15, -0.1) is 0 Å². The number of hydrogen-bond acceptors (Lipinski definition) is 5. The van der Waals surface area contributed by atoms with E-state index in [2.05, 4.69) is 149 Å². The van der Waals surface area contributed by atoms with Crippen LogP contribution in [0, 0.1) is 0 Å². The van der Waals surface area contributed by atoms with Gasteiger partial charge in [0, 0.05) is 41.5 Å². The van der Waals surface area contributed by atoms with Gasteiger partial charge < -0.3 is 0 Å². The Bertz CT molecular complexity index is 2920. The van der Waals surface area contributed by atoms with Gasteiger partial charge in [0.1, 0.15) is 0 Å². The fourth-order valence-corrected chi connectivity index (χ4v) is 7.52. The lowest BCUT2D eigenvalue weighted by Crippen LogP contribution is -2.00. The molecule has 5 nitrogen and oxygen atoms in total. The quantitative estimate of drug-likeness (QED) is 0.163. The van der Waals surface area contributed by atoms with Gasteiger partial charge in [-0.2, -0.15) is 0 Å². The molecule has 0 saturated heterocycles. The highest BCUT2D eigenvalue weighted by atomic mass is 15.0. The lowest BCUT2D eigenvalue weighted by Gasteiger charge is -2.17. The van der Waals surface area contributed by atoms with Crippen molar-refractivity contribution in [2.45, 2.75) is 0 Å². The van der Waals surface area contributed by atoms with E-state index >= 15 is 0 Å². The van der Waals surface area contributed by atoms with E-state index in [1.54, 1.807) is 24.8 Å². The number of nitrogens with zero attached hydrogens (tertiary/aromatic N) is 5. The molecule has 54 heavy (non-hydrogen) atoms. The van der Waals surface area contributed by atoms with Gasteiger partial charge in [0.25, 0.3) is 0 Å². The lowest BCUT2D eigenvalue weighted by atomic mass is 9.86. The first-order chi connectivity index (χ1) is 26.8. The molecule has 5 heteroatoms. The summed E-state index contributed by atoms with van der Waals surface area (Å²) in [5.74, 6) is 1.70. The molecule has 0 amide bonds. The fourth-order valence-electron chi connectivity index (χ4n) is 7.52. The van der Waals surface area contributed by atoms with Crippen LogP contribution in [-0.2, 0) is 0 Å². The number of fused-ring (bicyclic) bond motifs is 6. The van der Waals surface area contributed by atoms with Crippen LogP contribution >= 0.6 is 0 Å². The predicted molar refractivity (Wildman–Crippen MR) is 221 cm³/mol. The van der Waals surface area contributed by atoms with Gasteiger partial charge in [-0.3, -0.25) is 9.97 Å². The number of aromatic nitrogens is 5. The van der Waals surface area contributed by atoms with Crippen LogP contribution in [0.15, 0.2) is 189 Å². The number of pyridine rings is 2. The Labute approximate surface area is 312 Å². The zero-order chi connectivity index (χ0) is 35.8. The molecule has 0 radical (unpaired) electrons. The number of rotatable bonds is 6. The van der Waals surface area contributed by atoms with Gasteiger partial charge >= 0.3 is 0 Å². The third kappa shape index (κ3) is 5.65. The summed E-state index contributed by atoms with van der Waals surface area (Å²) in [5, 5.41) is 7.52. The molecule has 0 aliphatic rings. The second-order valence-corrected chi connectivity index (χ2v) is 13.4. The van der Waals surface area contributed by atoms with Crippen molar-refractivity contribution in [1.82, 2.24) is 24.9 Å². The van der Waals surface area contributed by atoms with Crippen LogP contribution in [0.3, 0.4) is 0 Å². The Kier molecular flexibility index (Phi) is 7.73. The Morgan fingerprint density at radius 1 is 0.278 bits per heavy atom. The Balaban J connectivity index is 1.15. The summed E-state index contributed by atoms with van der Waals surface area (Å²) >= 11 is 0. The molecule has 10 aromatic rings. The van der Waals surface area contributed by atoms with Crippen molar-refractivity contribution in [3.63, 3.8) is 0 Å². The third-order valence-corrected chi connectivity index (χ3v) is 10.1. The lowest BCUT2D eigenvalue weighted by molar-refractivity contribution is 1.07. The van der Waals surface area contributed by atoms with Crippen LogP contribution in [0.1, 0.15) is 0 Å². The highest BCUT2D eigenvalue weighted by Gasteiger charge is 2.17. The van der Waals surface area contributed by atoms with Crippen molar-refractivity contribution in [1.29, 1.82) is 0 Å². The largest absolute Gasteiger partial charge is 0.264 e. The molecule has 0 aliphatic carbocycles. The molecule has 10 rings (SSSR count). The van der Waals surface area contributed by atoms with Gasteiger partial charge in [-0.1, -0.05) is 115 Å². The van der Waals surface area contributed by atoms with Crippen LogP contribution in [-0.4, -0.2) is 24.9 Å². The van der Waals surface area contributed by atoms with Crippen LogP contribution < -0.4 is 0 Å². The summed E-state index contributed by atoms with van der Waals surface area (Å²) in [7, 11) is 0. The highest BCUT2D eigenvalue weighted by molar-refractivity contribution is 6.29. The van der Waals surface area contributed by atoms with Crippen molar-refractivity contribution < 1.29 is 0 Å². The van der Waals surface area contributed by atoms with Crippen molar-refractivity contribution in [3.8, 4) is 67.5 Å². The van der Waals surface area contributed by atoms with E-state index in [0.717, 1.165) is 33.4 Å². The van der Waals surface area contributed by atoms with Crippen molar-refractivity contribution in [3.05, 3.63) is 189 Å². The van der Waals surface area contributed by atoms with Gasteiger partial charge in [0.05, 0.1) is 0 Å². The highest BCUT2D eigenvalue weighted by Crippen LogP contribution is 2.43. The number of benzene rings is 7. The van der Waals surface area contributed by atoms with E-state index in [4.69, 9.17) is 15.0 Å². The minimum Gasteiger partial charge on any atom is -0.264 e. The zero-order valence-electron chi connectivity index (χ0n) is 29.1. The molecular formula is C49H31N5. The van der Waals surface area contributed by atoms with Gasteiger partial charge in [0.2, 0.25) is 0 Å². The van der Waals surface area contributed by atoms with Gasteiger partial charge in [0.15, 0.2) is 17.5 Å². The van der Waals surface area contributed by atoms with E-state index in [-0.39, 0.29) is 0 Å². The molecule has 3 aromatic heterocycles. The standard InChI is InChI=1S/C49H31N5/c1-2-12-32(13-3-1)39-28-44(46-43-23-7-6-21-41(43)40-20-4-5-22-42(40)45(46)29-39)35-16-8-14-33(26-35)34-15-9-17-36(27-34)47-52-48(37-18-10-24-50-30-37)54-49(53-47)38-19-11-25-51-31-38/h1-31H. The average Bonchev–Trinajstić information content (AvgIpc) is 3.27. The Morgan fingerprint density at radius 2 is 0.741 bits per heavy atom. The maximum absolute atomic E-state index is 4.94. The summed E-state index contributed by atoms with van der Waals surface area (Å²) in [4.78, 5) is 23.3. The molecule has 0 N–H and O–H groups in total. The summed E-state index contributed by atoms with van der Waals surface area (Å²) in [6.07, 6.45) is 7.04. The summed E-state index contributed by atoms with van der Waals surface area (Å²) in [6.45, 7) is 0. The Hall–Kier alpha value is -7.37. The van der Waals surface area contributed by atoms with Crippen LogP contribution in [0.25, 0.3) is 99.9 Å². The number of hydrogen-bond donors (Lipinski definition) is 0. The van der Waals surface area contributed by atoms with E-state index < -0.39 is 0 Å². The van der Waals surface area contributed by atoms with Gasteiger partial charge in [-0.05, 0) is 114 Å². The van der Waals surface area contributed by atoms with E-state index in [1.165, 1.54) is 49.0 Å². The second kappa shape index (κ2) is 13.3. The summed E-state index contributed by atoms with van der Waals surface area (Å²) in [5.41, 5.74) is 9.44. The first-order valence-electron chi connectivity index (χ1n) is 18.0. The van der Waals surface area contributed by atoms with Crippen molar-refractivity contribution in [2.24, 2.45) is 0 Å². The molecule has 0 bridgehead atoms. The zero-order valence-corrected chi connectivity index (χ0v) is 29.1. The Morgan fingerprint density at radius 3 is 1.35 bits per heavy atom.